The van der Waals surface area contributed by atoms with Crippen LogP contribution in [0.4, 0.5) is 18.9 Å². The van der Waals surface area contributed by atoms with E-state index in [9.17, 15) is 23.3 Å². The number of ether oxygens (including phenoxy) is 1. The number of nitro groups is 1. The summed E-state index contributed by atoms with van der Waals surface area (Å²) in [5.41, 5.74) is -0.780. The first-order chi connectivity index (χ1) is 7.76. The third-order valence-corrected chi connectivity index (χ3v) is 2.93. The Labute approximate surface area is 111 Å². The molecule has 17 heavy (non-hydrogen) atoms. The topological polar surface area (TPSA) is 65.3 Å². The predicted molar refractivity (Wildman–Crippen MR) is 59.8 cm³/mol. The molecule has 0 aliphatic rings. The summed E-state index contributed by atoms with van der Waals surface area (Å²) >= 11 is 6.90. The van der Waals surface area contributed by atoms with E-state index in [4.69, 9.17) is 11.6 Å². The van der Waals surface area contributed by atoms with Gasteiger partial charge in [-0.3, -0.25) is 15.1 Å². The molecule has 10 heteroatoms. The molecule has 0 amide bonds. The van der Waals surface area contributed by atoms with Gasteiger partial charge in [0.1, 0.15) is 6.20 Å². The molecular weight excluding hydrogens is 379 g/mol. The molecular formula is C7H3ClF3IN2O3. The molecule has 0 radical (unpaired) electrons. The Bertz CT molecular complexity index is 455. The largest absolute Gasteiger partial charge is 0.573 e. The van der Waals surface area contributed by atoms with Crippen LogP contribution in [0.2, 0.25) is 0 Å². The lowest BCUT2D eigenvalue weighted by molar-refractivity contribution is -0.389. The number of alkyl halides is 4. The van der Waals surface area contributed by atoms with Crippen LogP contribution >= 0.6 is 34.2 Å². The molecule has 1 heterocycles. The van der Waals surface area contributed by atoms with Gasteiger partial charge in [0.2, 0.25) is 5.75 Å². The highest BCUT2D eigenvalue weighted by molar-refractivity contribution is 14.1. The van der Waals surface area contributed by atoms with Crippen LogP contribution in [0.1, 0.15) is 5.69 Å². The third kappa shape index (κ3) is 3.56. The second kappa shape index (κ2) is 5.21. The smallest absolute Gasteiger partial charge is 0.397 e. The van der Waals surface area contributed by atoms with Gasteiger partial charge >= 0.3 is 12.0 Å². The highest BCUT2D eigenvalue weighted by atomic mass is 127. The van der Waals surface area contributed by atoms with Gasteiger partial charge in [-0.15, -0.1) is 24.8 Å². The van der Waals surface area contributed by atoms with E-state index in [0.29, 0.717) is 6.20 Å². The van der Waals surface area contributed by atoms with Crippen molar-refractivity contribution in [3.05, 3.63) is 25.6 Å². The van der Waals surface area contributed by atoms with Crippen LogP contribution < -0.4 is 4.74 Å². The minimum Gasteiger partial charge on any atom is -0.397 e. The van der Waals surface area contributed by atoms with E-state index in [1.54, 1.807) is 0 Å². The number of pyridine rings is 1. The van der Waals surface area contributed by atoms with Crippen molar-refractivity contribution >= 4 is 39.9 Å². The number of aromatic nitrogens is 1. The molecule has 0 saturated carbocycles. The summed E-state index contributed by atoms with van der Waals surface area (Å²) in [6, 6.07) is 0. The van der Waals surface area contributed by atoms with Crippen molar-refractivity contribution in [1.29, 1.82) is 0 Å². The molecule has 0 N–H and O–H groups in total. The third-order valence-electron chi connectivity index (χ3n) is 1.57. The maximum absolute atomic E-state index is 12.1. The lowest BCUT2D eigenvalue weighted by Crippen LogP contribution is -2.19. The number of halogens is 5. The molecule has 0 aromatic carbocycles. The number of hydrogen-bond donors (Lipinski definition) is 0. The second-order valence-electron chi connectivity index (χ2n) is 2.67. The van der Waals surface area contributed by atoms with Gasteiger partial charge in [0.15, 0.2) is 0 Å². The SMILES string of the molecule is O=[N+]([O-])c1cnc(CCl)c(I)c1OC(F)(F)F. The fourth-order valence-corrected chi connectivity index (χ4v) is 2.08. The van der Waals surface area contributed by atoms with Crippen molar-refractivity contribution < 1.29 is 22.8 Å². The maximum atomic E-state index is 12.1. The van der Waals surface area contributed by atoms with E-state index in [1.165, 1.54) is 22.6 Å². The average Bonchev–Trinajstić information content (AvgIpc) is 2.18. The Hall–Kier alpha value is -0.840. The molecule has 0 aliphatic carbocycles. The van der Waals surface area contributed by atoms with Crippen molar-refractivity contribution in [2.75, 3.05) is 0 Å². The zero-order chi connectivity index (χ0) is 13.2. The fourth-order valence-electron chi connectivity index (χ4n) is 0.934. The first kappa shape index (κ1) is 14.2. The first-order valence-electron chi connectivity index (χ1n) is 3.89. The summed E-state index contributed by atoms with van der Waals surface area (Å²) in [7, 11) is 0. The first-order valence-corrected chi connectivity index (χ1v) is 5.51. The molecule has 1 aromatic heterocycles. The van der Waals surface area contributed by atoms with Gasteiger partial charge < -0.3 is 4.74 Å². The highest BCUT2D eigenvalue weighted by Gasteiger charge is 2.36. The van der Waals surface area contributed by atoms with Crippen molar-refractivity contribution in [2.24, 2.45) is 0 Å². The second-order valence-corrected chi connectivity index (χ2v) is 4.02. The Balaban J connectivity index is 3.35. The van der Waals surface area contributed by atoms with Crippen LogP contribution in [0.5, 0.6) is 5.75 Å². The molecule has 0 unspecified atom stereocenters. The van der Waals surface area contributed by atoms with E-state index in [2.05, 4.69) is 9.72 Å². The van der Waals surface area contributed by atoms with Gasteiger partial charge in [0.05, 0.1) is 20.1 Å². The van der Waals surface area contributed by atoms with Crippen LogP contribution in [0, 0.1) is 13.7 Å². The van der Waals surface area contributed by atoms with Crippen LogP contribution in [0.3, 0.4) is 0 Å². The van der Waals surface area contributed by atoms with E-state index in [-0.39, 0.29) is 15.1 Å². The maximum Gasteiger partial charge on any atom is 0.573 e. The van der Waals surface area contributed by atoms with E-state index in [0.717, 1.165) is 0 Å². The van der Waals surface area contributed by atoms with E-state index < -0.39 is 22.7 Å². The molecule has 1 rings (SSSR count). The minimum atomic E-state index is -5.02. The summed E-state index contributed by atoms with van der Waals surface area (Å²) in [5.74, 6) is -1.07. The van der Waals surface area contributed by atoms with E-state index >= 15 is 0 Å². The Morgan fingerprint density at radius 3 is 2.59 bits per heavy atom. The van der Waals surface area contributed by atoms with Gasteiger partial charge in [-0.05, 0) is 22.6 Å². The molecule has 94 valence electrons. The predicted octanol–water partition coefficient (Wildman–Crippen LogP) is 3.23. The van der Waals surface area contributed by atoms with Crippen molar-refractivity contribution in [1.82, 2.24) is 4.98 Å². The molecule has 0 bridgehead atoms. The molecule has 5 nitrogen and oxygen atoms in total. The van der Waals surface area contributed by atoms with Gasteiger partial charge in [-0.1, -0.05) is 0 Å². The summed E-state index contributed by atoms with van der Waals surface area (Å²) in [6.07, 6.45) is -4.34. The number of hydrogen-bond acceptors (Lipinski definition) is 4. The zero-order valence-electron chi connectivity index (χ0n) is 7.79. The minimum absolute atomic E-state index is 0.0807. The summed E-state index contributed by atoms with van der Waals surface area (Å²) < 4.78 is 39.8. The lowest BCUT2D eigenvalue weighted by Gasteiger charge is -2.11. The molecule has 0 aliphatic heterocycles. The quantitative estimate of drug-likeness (QED) is 0.348. The van der Waals surface area contributed by atoms with E-state index in [1.807, 2.05) is 0 Å². The van der Waals surface area contributed by atoms with Gasteiger partial charge in [0, 0.05) is 0 Å². The number of rotatable bonds is 3. The van der Waals surface area contributed by atoms with Crippen LogP contribution in [0.25, 0.3) is 0 Å². The highest BCUT2D eigenvalue weighted by Crippen LogP contribution is 2.37. The lowest BCUT2D eigenvalue weighted by atomic mass is 10.3. The Morgan fingerprint density at radius 2 is 2.18 bits per heavy atom. The Morgan fingerprint density at radius 1 is 1.59 bits per heavy atom. The van der Waals surface area contributed by atoms with Crippen molar-refractivity contribution in [3.8, 4) is 5.75 Å². The summed E-state index contributed by atoms with van der Waals surface area (Å²) in [6.45, 7) is 0. The molecule has 0 atom stereocenters. The molecule has 0 spiro atoms. The standard InChI is InChI=1S/C7H3ClF3IN2O3/c8-1-3-5(12)6(17-7(9,10)11)4(2-13-3)14(15)16/h2H,1H2. The Kier molecular flexibility index (Phi) is 4.36. The summed E-state index contributed by atoms with van der Waals surface area (Å²) in [4.78, 5) is 13.1. The van der Waals surface area contributed by atoms with Crippen LogP contribution in [-0.2, 0) is 5.88 Å². The molecule has 0 fully saturated rings. The monoisotopic (exact) mass is 382 g/mol. The number of nitrogens with zero attached hydrogens (tertiary/aromatic N) is 2. The molecule has 1 aromatic rings. The van der Waals surface area contributed by atoms with Gasteiger partial charge in [-0.2, -0.15) is 0 Å². The average molecular weight is 382 g/mol. The van der Waals surface area contributed by atoms with Gasteiger partial charge in [-0.25, -0.2) is 0 Å². The van der Waals surface area contributed by atoms with Crippen molar-refractivity contribution in [3.63, 3.8) is 0 Å². The zero-order valence-corrected chi connectivity index (χ0v) is 10.7. The molecule has 0 saturated heterocycles. The summed E-state index contributed by atoms with van der Waals surface area (Å²) in [5, 5.41) is 10.5. The van der Waals surface area contributed by atoms with Crippen LogP contribution in [0.15, 0.2) is 6.20 Å². The fraction of sp³-hybridized carbons (Fsp3) is 0.286. The van der Waals surface area contributed by atoms with Gasteiger partial charge in [0.25, 0.3) is 0 Å². The van der Waals surface area contributed by atoms with Crippen molar-refractivity contribution in [2.45, 2.75) is 12.2 Å². The van der Waals surface area contributed by atoms with Crippen LogP contribution in [-0.4, -0.2) is 16.3 Å². The normalized spacial score (nSPS) is 11.4.